The number of rotatable bonds is 0. The molecule has 2 heterocycles. The molecule has 13 heavy (non-hydrogen) atoms. The minimum atomic E-state index is -4.44. The molecule has 0 fully saturated rings. The van der Waals surface area contributed by atoms with Crippen molar-refractivity contribution in [3.8, 4) is 0 Å². The van der Waals surface area contributed by atoms with Crippen LogP contribution in [0.1, 0.15) is 24.1 Å². The van der Waals surface area contributed by atoms with E-state index in [1.54, 1.807) is 0 Å². The number of nitrogens with two attached hydrogens (primary N) is 1. The van der Waals surface area contributed by atoms with Crippen molar-refractivity contribution in [1.29, 1.82) is 0 Å². The fourth-order valence-electron chi connectivity index (χ4n) is 1.42. The highest BCUT2D eigenvalue weighted by Crippen LogP contribution is 2.32. The fraction of sp³-hybridized carbons (Fsp3) is 0.667. The molecule has 0 saturated heterocycles. The molecule has 72 valence electrons. The van der Waals surface area contributed by atoms with Gasteiger partial charge in [0.05, 0.1) is 6.04 Å². The summed E-state index contributed by atoms with van der Waals surface area (Å²) in [6.45, 7) is 0.248. The Morgan fingerprint density at radius 2 is 2.08 bits per heavy atom. The van der Waals surface area contributed by atoms with Crippen molar-refractivity contribution in [2.75, 3.05) is 0 Å². The van der Waals surface area contributed by atoms with Crippen LogP contribution >= 0.6 is 0 Å². The van der Waals surface area contributed by atoms with E-state index in [2.05, 4.69) is 10.2 Å². The van der Waals surface area contributed by atoms with Gasteiger partial charge in [-0.3, -0.25) is 0 Å². The number of nitrogens with zero attached hydrogens (tertiary/aromatic N) is 3. The van der Waals surface area contributed by atoms with Gasteiger partial charge in [-0.2, -0.15) is 13.2 Å². The van der Waals surface area contributed by atoms with Crippen molar-refractivity contribution in [2.24, 2.45) is 5.73 Å². The minimum absolute atomic E-state index is 0.229. The SMILES string of the molecule is N[C@H]1CCn2c1nnc2C(F)(F)F. The second-order valence-electron chi connectivity index (χ2n) is 2.93. The van der Waals surface area contributed by atoms with E-state index in [-0.39, 0.29) is 12.4 Å². The lowest BCUT2D eigenvalue weighted by Gasteiger charge is -2.05. The number of fused-ring (bicyclic) bond motifs is 1. The standard InChI is InChI=1S/C6H7F3N4/c7-6(8,9)5-12-11-4-3(10)1-2-13(4)5/h3H,1-2,10H2/t3-/m0/s1. The van der Waals surface area contributed by atoms with E-state index in [4.69, 9.17) is 5.73 Å². The van der Waals surface area contributed by atoms with Gasteiger partial charge in [-0.1, -0.05) is 0 Å². The van der Waals surface area contributed by atoms with Crippen LogP contribution in [0.3, 0.4) is 0 Å². The lowest BCUT2D eigenvalue weighted by molar-refractivity contribution is -0.147. The first-order chi connectivity index (χ1) is 6.00. The Kier molecular flexibility index (Phi) is 1.59. The maximum atomic E-state index is 12.2. The molecule has 0 spiro atoms. The van der Waals surface area contributed by atoms with Crippen molar-refractivity contribution >= 4 is 0 Å². The molecule has 4 nitrogen and oxygen atoms in total. The van der Waals surface area contributed by atoms with Gasteiger partial charge in [0, 0.05) is 6.54 Å². The first-order valence-electron chi connectivity index (χ1n) is 3.76. The third kappa shape index (κ3) is 1.19. The molecule has 1 atom stereocenters. The summed E-state index contributed by atoms with van der Waals surface area (Å²) in [6, 6.07) is -0.413. The molecule has 7 heteroatoms. The summed E-state index contributed by atoms with van der Waals surface area (Å²) < 4.78 is 37.8. The summed E-state index contributed by atoms with van der Waals surface area (Å²) in [5.41, 5.74) is 5.51. The van der Waals surface area contributed by atoms with E-state index in [0.29, 0.717) is 6.42 Å². The minimum Gasteiger partial charge on any atom is -0.321 e. The Morgan fingerprint density at radius 1 is 1.38 bits per heavy atom. The molecule has 0 unspecified atom stereocenters. The van der Waals surface area contributed by atoms with Crippen LogP contribution in [0, 0.1) is 0 Å². The number of aromatic nitrogens is 3. The van der Waals surface area contributed by atoms with E-state index < -0.39 is 18.0 Å². The third-order valence-electron chi connectivity index (χ3n) is 2.03. The topological polar surface area (TPSA) is 56.7 Å². The van der Waals surface area contributed by atoms with Crippen molar-refractivity contribution in [3.05, 3.63) is 11.6 Å². The van der Waals surface area contributed by atoms with Crippen LogP contribution in [0.15, 0.2) is 0 Å². The highest BCUT2D eigenvalue weighted by molar-refractivity contribution is 5.07. The predicted octanol–water partition coefficient (Wildman–Crippen LogP) is 0.700. The molecule has 2 N–H and O–H groups in total. The average molecular weight is 192 g/mol. The monoisotopic (exact) mass is 192 g/mol. The van der Waals surface area contributed by atoms with Crippen LogP contribution in [0.2, 0.25) is 0 Å². The largest absolute Gasteiger partial charge is 0.451 e. The van der Waals surface area contributed by atoms with Crippen LogP contribution in [0.25, 0.3) is 0 Å². The number of hydrogen-bond donors (Lipinski definition) is 1. The van der Waals surface area contributed by atoms with Gasteiger partial charge in [0.15, 0.2) is 0 Å². The summed E-state index contributed by atoms with van der Waals surface area (Å²) in [5.74, 6) is -0.720. The van der Waals surface area contributed by atoms with Gasteiger partial charge >= 0.3 is 6.18 Å². The molecular weight excluding hydrogens is 185 g/mol. The lowest BCUT2D eigenvalue weighted by atomic mass is 10.3. The smallest absolute Gasteiger partial charge is 0.321 e. The van der Waals surface area contributed by atoms with Crippen LogP contribution in [0.4, 0.5) is 13.2 Å². The van der Waals surface area contributed by atoms with E-state index in [0.717, 1.165) is 4.57 Å². The average Bonchev–Trinajstić information content (AvgIpc) is 2.51. The van der Waals surface area contributed by atoms with Gasteiger partial charge in [-0.25, -0.2) is 0 Å². The quantitative estimate of drug-likeness (QED) is 0.658. The molecule has 1 aromatic rings. The van der Waals surface area contributed by atoms with Crippen LogP contribution in [-0.2, 0) is 12.7 Å². The highest BCUT2D eigenvalue weighted by Gasteiger charge is 2.40. The van der Waals surface area contributed by atoms with E-state index >= 15 is 0 Å². The van der Waals surface area contributed by atoms with E-state index in [9.17, 15) is 13.2 Å². The summed E-state index contributed by atoms with van der Waals surface area (Å²) in [7, 11) is 0. The Labute approximate surface area is 71.5 Å². The molecule has 0 aliphatic carbocycles. The maximum Gasteiger partial charge on any atom is 0.451 e. The Bertz CT molecular complexity index is 329. The van der Waals surface area contributed by atoms with Crippen molar-refractivity contribution in [1.82, 2.24) is 14.8 Å². The molecule has 0 aromatic carbocycles. The summed E-state index contributed by atoms with van der Waals surface area (Å²) in [4.78, 5) is 0. The van der Waals surface area contributed by atoms with Gasteiger partial charge in [0.1, 0.15) is 5.82 Å². The van der Waals surface area contributed by atoms with Crippen LogP contribution in [-0.4, -0.2) is 14.8 Å². The lowest BCUT2D eigenvalue weighted by Crippen LogP contribution is -2.14. The first-order valence-corrected chi connectivity index (χ1v) is 3.76. The zero-order valence-electron chi connectivity index (χ0n) is 6.54. The fourth-order valence-corrected chi connectivity index (χ4v) is 1.42. The Balaban J connectivity index is 2.47. The van der Waals surface area contributed by atoms with E-state index in [1.165, 1.54) is 0 Å². The van der Waals surface area contributed by atoms with E-state index in [1.807, 2.05) is 0 Å². The number of halogens is 3. The first kappa shape index (κ1) is 8.49. The zero-order chi connectivity index (χ0) is 9.64. The maximum absolute atomic E-state index is 12.2. The summed E-state index contributed by atoms with van der Waals surface area (Å²) >= 11 is 0. The molecule has 2 rings (SSSR count). The molecule has 0 saturated carbocycles. The Morgan fingerprint density at radius 3 is 2.69 bits per heavy atom. The van der Waals surface area contributed by atoms with Gasteiger partial charge in [-0.05, 0) is 6.42 Å². The summed E-state index contributed by atoms with van der Waals surface area (Å²) in [6.07, 6.45) is -3.94. The molecule has 1 aliphatic rings. The molecule has 0 amide bonds. The second kappa shape index (κ2) is 2.44. The number of alkyl halides is 3. The van der Waals surface area contributed by atoms with Gasteiger partial charge in [0.25, 0.3) is 0 Å². The van der Waals surface area contributed by atoms with Gasteiger partial charge in [-0.15, -0.1) is 10.2 Å². The van der Waals surface area contributed by atoms with Crippen molar-refractivity contribution in [2.45, 2.75) is 25.2 Å². The van der Waals surface area contributed by atoms with Crippen LogP contribution in [0.5, 0.6) is 0 Å². The second-order valence-corrected chi connectivity index (χ2v) is 2.93. The predicted molar refractivity (Wildman–Crippen MR) is 36.6 cm³/mol. The third-order valence-corrected chi connectivity index (χ3v) is 2.03. The van der Waals surface area contributed by atoms with Crippen LogP contribution < -0.4 is 5.73 Å². The molecule has 1 aliphatic heterocycles. The van der Waals surface area contributed by atoms with Gasteiger partial charge in [0.2, 0.25) is 5.82 Å². The molecule has 1 aromatic heterocycles. The van der Waals surface area contributed by atoms with Gasteiger partial charge < -0.3 is 10.3 Å². The zero-order valence-corrected chi connectivity index (χ0v) is 6.54. The van der Waals surface area contributed by atoms with Crippen molar-refractivity contribution in [3.63, 3.8) is 0 Å². The molecular formula is C6H7F3N4. The van der Waals surface area contributed by atoms with Crippen molar-refractivity contribution < 1.29 is 13.2 Å². The normalized spacial score (nSPS) is 22.0. The number of hydrogen-bond acceptors (Lipinski definition) is 3. The highest BCUT2D eigenvalue weighted by atomic mass is 19.4. The molecule has 0 radical (unpaired) electrons. The summed E-state index contributed by atoms with van der Waals surface area (Å²) in [5, 5.41) is 6.48. The molecule has 0 bridgehead atoms. The Hall–Kier alpha value is -1.11.